The number of aliphatic hydroxyl groups excluding tert-OH is 1. The summed E-state index contributed by atoms with van der Waals surface area (Å²) in [5.74, 6) is -1.36. The first kappa shape index (κ1) is 16.0. The van der Waals surface area contributed by atoms with E-state index in [9.17, 15) is 9.59 Å². The molecule has 0 saturated heterocycles. The van der Waals surface area contributed by atoms with E-state index in [4.69, 9.17) is 33.4 Å². The molecule has 1 atom stereocenters. The smallest absolute Gasteiger partial charge is 0.328 e. The van der Waals surface area contributed by atoms with Crippen molar-refractivity contribution in [2.24, 2.45) is 0 Å². The zero-order valence-electron chi connectivity index (χ0n) is 9.28. The summed E-state index contributed by atoms with van der Waals surface area (Å²) in [7, 11) is 0. The van der Waals surface area contributed by atoms with Gasteiger partial charge in [0.2, 0.25) is 0 Å². The predicted octanol–water partition coefficient (Wildman–Crippen LogP) is 2.32. The van der Waals surface area contributed by atoms with Crippen molar-refractivity contribution in [3.63, 3.8) is 0 Å². The van der Waals surface area contributed by atoms with E-state index in [-0.39, 0.29) is 15.7 Å². The van der Waals surface area contributed by atoms with Gasteiger partial charge in [-0.2, -0.15) is 0 Å². The van der Waals surface area contributed by atoms with Crippen LogP contribution in [0.5, 0.6) is 0 Å². The van der Waals surface area contributed by atoms with Gasteiger partial charge in [0.1, 0.15) is 0 Å². The number of urea groups is 1. The van der Waals surface area contributed by atoms with Crippen LogP contribution < -0.4 is 10.6 Å². The van der Waals surface area contributed by atoms with Crippen molar-refractivity contribution < 1.29 is 19.8 Å². The second-order valence-electron chi connectivity index (χ2n) is 3.42. The Morgan fingerprint density at radius 2 is 1.84 bits per heavy atom. The maximum absolute atomic E-state index is 11.5. The Balaban J connectivity index is 2.80. The average molecular weight is 372 g/mol. The van der Waals surface area contributed by atoms with Crippen LogP contribution in [0.4, 0.5) is 10.5 Å². The molecule has 0 heterocycles. The summed E-state index contributed by atoms with van der Waals surface area (Å²) in [6.07, 6.45) is 0. The summed E-state index contributed by atoms with van der Waals surface area (Å²) in [5.41, 5.74) is 0.145. The molecule has 1 aromatic rings. The fourth-order valence-corrected chi connectivity index (χ4v) is 2.46. The largest absolute Gasteiger partial charge is 0.480 e. The van der Waals surface area contributed by atoms with Crippen LogP contribution in [0.2, 0.25) is 10.0 Å². The second-order valence-corrected chi connectivity index (χ2v) is 5.15. The summed E-state index contributed by atoms with van der Waals surface area (Å²) in [6, 6.07) is 0.786. The standard InChI is InChI=1S/C10H9BrCl2N2O4/c11-4-1-5(12)8(6(13)2-4)15-10(19)14-7(3-16)9(17)18/h1-2,7,16H,3H2,(H,17,18)(H2,14,15,19)/t7-/m1/s1. The van der Waals surface area contributed by atoms with Gasteiger partial charge in [-0.3, -0.25) is 0 Å². The molecule has 2 amide bonds. The summed E-state index contributed by atoms with van der Waals surface area (Å²) in [5, 5.41) is 22.2. The van der Waals surface area contributed by atoms with Gasteiger partial charge in [-0.05, 0) is 12.1 Å². The number of benzene rings is 1. The van der Waals surface area contributed by atoms with Crippen LogP contribution in [-0.2, 0) is 4.79 Å². The summed E-state index contributed by atoms with van der Waals surface area (Å²) < 4.78 is 0.632. The van der Waals surface area contributed by atoms with Crippen LogP contribution in [0.25, 0.3) is 0 Å². The highest BCUT2D eigenvalue weighted by Crippen LogP contribution is 2.33. The van der Waals surface area contributed by atoms with Gasteiger partial charge >= 0.3 is 12.0 Å². The number of halogens is 3. The lowest BCUT2D eigenvalue weighted by Crippen LogP contribution is -2.45. The van der Waals surface area contributed by atoms with Gasteiger partial charge in [-0.15, -0.1) is 0 Å². The van der Waals surface area contributed by atoms with Gasteiger partial charge in [-0.25, -0.2) is 9.59 Å². The highest BCUT2D eigenvalue weighted by Gasteiger charge is 2.19. The van der Waals surface area contributed by atoms with Gasteiger partial charge in [-0.1, -0.05) is 39.1 Å². The molecule has 0 bridgehead atoms. The Morgan fingerprint density at radius 1 is 1.32 bits per heavy atom. The molecule has 0 aromatic heterocycles. The van der Waals surface area contributed by atoms with Crippen LogP contribution in [0, 0.1) is 0 Å². The number of rotatable bonds is 4. The normalized spacial score (nSPS) is 11.8. The molecule has 0 aliphatic heterocycles. The molecular formula is C10H9BrCl2N2O4. The van der Waals surface area contributed by atoms with Gasteiger partial charge < -0.3 is 20.8 Å². The fraction of sp³-hybridized carbons (Fsp3) is 0.200. The van der Waals surface area contributed by atoms with Crippen molar-refractivity contribution in [2.75, 3.05) is 11.9 Å². The van der Waals surface area contributed by atoms with Crippen molar-refractivity contribution in [1.29, 1.82) is 0 Å². The molecule has 0 aliphatic carbocycles. The zero-order chi connectivity index (χ0) is 14.6. The van der Waals surface area contributed by atoms with Crippen molar-refractivity contribution in [3.8, 4) is 0 Å². The number of carboxylic acids is 1. The lowest BCUT2D eigenvalue weighted by atomic mass is 10.3. The molecule has 0 unspecified atom stereocenters. The van der Waals surface area contributed by atoms with Crippen molar-refractivity contribution in [1.82, 2.24) is 5.32 Å². The minimum atomic E-state index is -1.41. The van der Waals surface area contributed by atoms with Crippen molar-refractivity contribution in [2.45, 2.75) is 6.04 Å². The number of carbonyl (C=O) groups excluding carboxylic acids is 1. The third-order valence-corrected chi connectivity index (χ3v) is 3.09. The minimum absolute atomic E-state index is 0.145. The number of carbonyl (C=O) groups is 2. The van der Waals surface area contributed by atoms with Gasteiger partial charge in [0.05, 0.1) is 22.3 Å². The molecule has 4 N–H and O–H groups in total. The Hall–Kier alpha value is -1.02. The molecule has 0 fully saturated rings. The SMILES string of the molecule is O=C(Nc1c(Cl)cc(Br)cc1Cl)N[C@H](CO)C(=O)O. The number of amides is 2. The lowest BCUT2D eigenvalue weighted by molar-refractivity contribution is -0.140. The molecule has 104 valence electrons. The fourth-order valence-electron chi connectivity index (χ4n) is 1.15. The average Bonchev–Trinajstić information content (AvgIpc) is 2.30. The number of anilines is 1. The highest BCUT2D eigenvalue weighted by molar-refractivity contribution is 9.10. The molecule has 6 nitrogen and oxygen atoms in total. The van der Waals surface area contributed by atoms with E-state index in [1.165, 1.54) is 12.1 Å². The summed E-state index contributed by atoms with van der Waals surface area (Å²) in [6.45, 7) is -0.732. The van der Waals surface area contributed by atoms with Crippen LogP contribution in [0.1, 0.15) is 0 Å². The number of aliphatic hydroxyl groups is 1. The molecule has 0 spiro atoms. The van der Waals surface area contributed by atoms with Gasteiger partial charge in [0.25, 0.3) is 0 Å². The molecule has 1 rings (SSSR count). The van der Waals surface area contributed by atoms with E-state index in [1.54, 1.807) is 0 Å². The quantitative estimate of drug-likeness (QED) is 0.652. The minimum Gasteiger partial charge on any atom is -0.480 e. The first-order chi connectivity index (χ1) is 8.85. The Bertz CT molecular complexity index is 489. The predicted molar refractivity (Wildman–Crippen MR) is 74.8 cm³/mol. The topological polar surface area (TPSA) is 98.7 Å². The van der Waals surface area contributed by atoms with E-state index < -0.39 is 24.6 Å². The van der Waals surface area contributed by atoms with Gasteiger partial charge in [0, 0.05) is 4.47 Å². The third kappa shape index (κ3) is 4.54. The van der Waals surface area contributed by atoms with E-state index in [0.29, 0.717) is 4.47 Å². The Labute approximate surface area is 126 Å². The van der Waals surface area contributed by atoms with Crippen LogP contribution in [-0.4, -0.2) is 34.9 Å². The maximum Gasteiger partial charge on any atom is 0.328 e. The van der Waals surface area contributed by atoms with Crippen molar-refractivity contribution >= 4 is 56.8 Å². The molecule has 19 heavy (non-hydrogen) atoms. The maximum atomic E-state index is 11.5. The Morgan fingerprint density at radius 3 is 2.26 bits per heavy atom. The first-order valence-electron chi connectivity index (χ1n) is 4.91. The van der Waals surface area contributed by atoms with Crippen LogP contribution >= 0.6 is 39.1 Å². The van der Waals surface area contributed by atoms with E-state index >= 15 is 0 Å². The molecule has 9 heteroatoms. The first-order valence-corrected chi connectivity index (χ1v) is 6.45. The number of aliphatic carboxylic acids is 1. The molecule has 0 radical (unpaired) electrons. The number of hydrogen-bond acceptors (Lipinski definition) is 3. The van der Waals surface area contributed by atoms with Crippen molar-refractivity contribution in [3.05, 3.63) is 26.7 Å². The van der Waals surface area contributed by atoms with Crippen LogP contribution in [0.15, 0.2) is 16.6 Å². The monoisotopic (exact) mass is 370 g/mol. The molecular weight excluding hydrogens is 363 g/mol. The van der Waals surface area contributed by atoms with E-state index in [2.05, 4.69) is 26.6 Å². The molecule has 1 aromatic carbocycles. The number of carboxylic acid groups (broad SMARTS) is 1. The van der Waals surface area contributed by atoms with E-state index in [1.807, 2.05) is 0 Å². The zero-order valence-corrected chi connectivity index (χ0v) is 12.4. The number of nitrogens with one attached hydrogen (secondary N) is 2. The summed E-state index contributed by atoms with van der Waals surface area (Å²) in [4.78, 5) is 22.2. The molecule has 0 aliphatic rings. The Kier molecular flexibility index (Phi) is 5.86. The van der Waals surface area contributed by atoms with Crippen LogP contribution in [0.3, 0.4) is 0 Å². The second kappa shape index (κ2) is 6.95. The third-order valence-electron chi connectivity index (χ3n) is 2.03. The van der Waals surface area contributed by atoms with E-state index in [0.717, 1.165) is 0 Å². The number of hydrogen-bond donors (Lipinski definition) is 4. The highest BCUT2D eigenvalue weighted by atomic mass is 79.9. The van der Waals surface area contributed by atoms with Gasteiger partial charge in [0.15, 0.2) is 6.04 Å². The summed E-state index contributed by atoms with van der Waals surface area (Å²) >= 11 is 15.0. The lowest BCUT2D eigenvalue weighted by Gasteiger charge is -2.14. The molecule has 0 saturated carbocycles.